The summed E-state index contributed by atoms with van der Waals surface area (Å²) in [5, 5.41) is 14.7. The second kappa shape index (κ2) is 6.20. The zero-order valence-electron chi connectivity index (χ0n) is 12.9. The molecule has 1 heterocycles. The Balaban J connectivity index is 1.66. The van der Waals surface area contributed by atoms with E-state index in [1.165, 1.54) is 35.7 Å². The number of rotatable bonds is 5. The first-order chi connectivity index (χ1) is 10.2. The van der Waals surface area contributed by atoms with Crippen molar-refractivity contribution in [3.8, 4) is 0 Å². The fourth-order valence-corrected chi connectivity index (χ4v) is 3.72. The quantitative estimate of drug-likeness (QED) is 0.885. The number of hydrogen-bond donors (Lipinski definition) is 2. The van der Waals surface area contributed by atoms with Gasteiger partial charge in [-0.1, -0.05) is 37.5 Å². The average molecular weight is 286 g/mol. The Kier molecular flexibility index (Phi) is 4.32. The zero-order valence-corrected chi connectivity index (χ0v) is 12.9. The van der Waals surface area contributed by atoms with E-state index in [0.717, 1.165) is 25.9 Å². The summed E-state index contributed by atoms with van der Waals surface area (Å²) in [6, 6.07) is 8.54. The van der Waals surface area contributed by atoms with Crippen LogP contribution in [0, 0.1) is 5.41 Å². The number of nitrogens with zero attached hydrogens (tertiary/aromatic N) is 1. The number of benzene rings is 1. The number of aliphatic hydroxyl groups excluding tert-OH is 1. The van der Waals surface area contributed by atoms with Gasteiger partial charge in [0.05, 0.1) is 0 Å². The normalized spacial score (nSPS) is 18.2. The van der Waals surface area contributed by atoms with Gasteiger partial charge in [-0.2, -0.15) is 0 Å². The molecule has 114 valence electrons. The van der Waals surface area contributed by atoms with Crippen molar-refractivity contribution in [1.82, 2.24) is 9.88 Å². The van der Waals surface area contributed by atoms with Crippen LogP contribution < -0.4 is 5.32 Å². The Hall–Kier alpha value is -1.32. The Morgan fingerprint density at radius 2 is 1.95 bits per heavy atom. The molecule has 21 heavy (non-hydrogen) atoms. The Bertz CT molecular complexity index is 596. The van der Waals surface area contributed by atoms with Crippen LogP contribution in [0.3, 0.4) is 0 Å². The van der Waals surface area contributed by atoms with E-state index in [1.54, 1.807) is 0 Å². The van der Waals surface area contributed by atoms with Crippen molar-refractivity contribution >= 4 is 10.9 Å². The Morgan fingerprint density at radius 3 is 2.71 bits per heavy atom. The van der Waals surface area contributed by atoms with Gasteiger partial charge in [0.1, 0.15) is 0 Å². The lowest BCUT2D eigenvalue weighted by atomic mass is 9.74. The summed E-state index contributed by atoms with van der Waals surface area (Å²) in [7, 11) is 2.10. The predicted molar refractivity (Wildman–Crippen MR) is 87.2 cm³/mol. The number of aryl methyl sites for hydroxylation is 1. The van der Waals surface area contributed by atoms with Gasteiger partial charge in [0.25, 0.3) is 0 Å². The van der Waals surface area contributed by atoms with Crippen LogP contribution in [0.2, 0.25) is 0 Å². The van der Waals surface area contributed by atoms with Gasteiger partial charge in [0, 0.05) is 49.3 Å². The van der Waals surface area contributed by atoms with E-state index in [-0.39, 0.29) is 5.41 Å². The SMILES string of the molecule is Cn1cc(CNCC2(CO)CCCCC2)c2ccccc21. The molecule has 1 fully saturated rings. The third kappa shape index (κ3) is 2.99. The van der Waals surface area contributed by atoms with Crippen LogP contribution in [0.25, 0.3) is 10.9 Å². The maximum atomic E-state index is 9.77. The minimum absolute atomic E-state index is 0.114. The smallest absolute Gasteiger partial charge is 0.0499 e. The molecule has 2 N–H and O–H groups in total. The maximum Gasteiger partial charge on any atom is 0.0499 e. The van der Waals surface area contributed by atoms with E-state index in [1.807, 2.05) is 0 Å². The van der Waals surface area contributed by atoms with Gasteiger partial charge in [-0.25, -0.2) is 0 Å². The van der Waals surface area contributed by atoms with Gasteiger partial charge in [-0.05, 0) is 24.5 Å². The summed E-state index contributed by atoms with van der Waals surface area (Å²) in [6.45, 7) is 2.12. The van der Waals surface area contributed by atoms with Crippen LogP contribution in [0.15, 0.2) is 30.5 Å². The third-order valence-corrected chi connectivity index (χ3v) is 5.04. The van der Waals surface area contributed by atoms with Crippen LogP contribution >= 0.6 is 0 Å². The molecule has 3 nitrogen and oxygen atoms in total. The molecule has 1 saturated carbocycles. The molecule has 1 aliphatic carbocycles. The Labute approximate surface area is 127 Å². The molecule has 1 aromatic heterocycles. The number of para-hydroxylation sites is 1. The second-order valence-electron chi connectivity index (χ2n) is 6.60. The molecular formula is C18H26N2O. The lowest BCUT2D eigenvalue weighted by Gasteiger charge is -2.35. The number of hydrogen-bond acceptors (Lipinski definition) is 2. The summed E-state index contributed by atoms with van der Waals surface area (Å²) in [4.78, 5) is 0. The first kappa shape index (κ1) is 14.6. The van der Waals surface area contributed by atoms with E-state index >= 15 is 0 Å². The summed E-state index contributed by atoms with van der Waals surface area (Å²) in [5.74, 6) is 0. The maximum absolute atomic E-state index is 9.77. The summed E-state index contributed by atoms with van der Waals surface area (Å²) in [5.41, 5.74) is 2.74. The van der Waals surface area contributed by atoms with Crippen LogP contribution in [0.5, 0.6) is 0 Å². The lowest BCUT2D eigenvalue weighted by molar-refractivity contribution is 0.0811. The molecule has 2 aromatic rings. The van der Waals surface area contributed by atoms with Crippen LogP contribution in [0.1, 0.15) is 37.7 Å². The molecule has 0 spiro atoms. The number of aromatic nitrogens is 1. The fourth-order valence-electron chi connectivity index (χ4n) is 3.72. The van der Waals surface area contributed by atoms with Crippen molar-refractivity contribution < 1.29 is 5.11 Å². The molecule has 0 atom stereocenters. The molecular weight excluding hydrogens is 260 g/mol. The number of aliphatic hydroxyl groups is 1. The van der Waals surface area contributed by atoms with Gasteiger partial charge in [0.15, 0.2) is 0 Å². The van der Waals surface area contributed by atoms with Crippen molar-refractivity contribution in [2.75, 3.05) is 13.2 Å². The van der Waals surface area contributed by atoms with Crippen LogP contribution in [0.4, 0.5) is 0 Å². The largest absolute Gasteiger partial charge is 0.396 e. The molecule has 0 unspecified atom stereocenters. The fraction of sp³-hybridized carbons (Fsp3) is 0.556. The average Bonchev–Trinajstić information content (AvgIpc) is 2.85. The minimum Gasteiger partial charge on any atom is -0.396 e. The van der Waals surface area contributed by atoms with Gasteiger partial charge in [0.2, 0.25) is 0 Å². The number of fused-ring (bicyclic) bond motifs is 1. The van der Waals surface area contributed by atoms with E-state index in [2.05, 4.69) is 47.4 Å². The van der Waals surface area contributed by atoms with Gasteiger partial charge < -0.3 is 15.0 Å². The topological polar surface area (TPSA) is 37.2 Å². The number of nitrogens with one attached hydrogen (secondary N) is 1. The molecule has 3 rings (SSSR count). The summed E-state index contributed by atoms with van der Waals surface area (Å²) >= 11 is 0. The van der Waals surface area contributed by atoms with Crippen LogP contribution in [-0.4, -0.2) is 22.8 Å². The van der Waals surface area contributed by atoms with E-state index < -0.39 is 0 Å². The van der Waals surface area contributed by atoms with Crippen molar-refractivity contribution in [3.05, 3.63) is 36.0 Å². The van der Waals surface area contributed by atoms with Crippen molar-refractivity contribution in [2.24, 2.45) is 12.5 Å². The first-order valence-corrected chi connectivity index (χ1v) is 8.09. The molecule has 1 aliphatic rings. The molecule has 0 aliphatic heterocycles. The zero-order chi connectivity index (χ0) is 14.7. The van der Waals surface area contributed by atoms with Crippen molar-refractivity contribution in [1.29, 1.82) is 0 Å². The highest BCUT2D eigenvalue weighted by molar-refractivity contribution is 5.83. The molecule has 0 amide bonds. The third-order valence-electron chi connectivity index (χ3n) is 5.04. The first-order valence-electron chi connectivity index (χ1n) is 8.09. The Morgan fingerprint density at radius 1 is 1.19 bits per heavy atom. The van der Waals surface area contributed by atoms with E-state index in [4.69, 9.17) is 0 Å². The monoisotopic (exact) mass is 286 g/mol. The molecule has 3 heteroatoms. The van der Waals surface area contributed by atoms with E-state index in [9.17, 15) is 5.11 Å². The highest BCUT2D eigenvalue weighted by atomic mass is 16.3. The van der Waals surface area contributed by atoms with Gasteiger partial charge >= 0.3 is 0 Å². The standard InChI is InChI=1S/C18H26N2O/c1-20-12-15(16-7-3-4-8-17(16)20)11-19-13-18(14-21)9-5-2-6-10-18/h3-4,7-8,12,19,21H,2,5-6,9-11,13-14H2,1H3. The van der Waals surface area contributed by atoms with Gasteiger partial charge in [-0.15, -0.1) is 0 Å². The summed E-state index contributed by atoms with van der Waals surface area (Å²) < 4.78 is 2.19. The highest BCUT2D eigenvalue weighted by Gasteiger charge is 2.30. The lowest BCUT2D eigenvalue weighted by Crippen LogP contribution is -2.38. The summed E-state index contributed by atoms with van der Waals surface area (Å²) in [6.07, 6.45) is 8.38. The molecule has 0 bridgehead atoms. The minimum atomic E-state index is 0.114. The molecule has 1 aromatic carbocycles. The van der Waals surface area contributed by atoms with E-state index in [0.29, 0.717) is 6.61 Å². The van der Waals surface area contributed by atoms with Gasteiger partial charge in [-0.3, -0.25) is 0 Å². The van der Waals surface area contributed by atoms with Crippen LogP contribution in [-0.2, 0) is 13.6 Å². The van der Waals surface area contributed by atoms with Crippen molar-refractivity contribution in [3.63, 3.8) is 0 Å². The molecule has 0 saturated heterocycles. The predicted octanol–water partition coefficient (Wildman–Crippen LogP) is 3.21. The van der Waals surface area contributed by atoms with Crippen molar-refractivity contribution in [2.45, 2.75) is 38.6 Å². The molecule has 0 radical (unpaired) electrons. The highest BCUT2D eigenvalue weighted by Crippen LogP contribution is 2.35. The second-order valence-corrected chi connectivity index (χ2v) is 6.60.